The number of hydrogen-bond donors (Lipinski definition) is 1. The first-order chi connectivity index (χ1) is 6.59. The van der Waals surface area contributed by atoms with Gasteiger partial charge in [-0.05, 0) is 13.8 Å². The summed E-state index contributed by atoms with van der Waals surface area (Å²) in [6, 6.07) is -0.821. The standard InChI is InChI=1S/C9H13F2N3/c1-6-3-14-8(4-12-6)5-13-7(2)9(10)11/h3-4,7,9,13H,5H2,1-2H3. The monoisotopic (exact) mass is 201 g/mol. The van der Waals surface area contributed by atoms with Crippen molar-refractivity contribution in [3.63, 3.8) is 0 Å². The minimum Gasteiger partial charge on any atom is -0.303 e. The average Bonchev–Trinajstić information content (AvgIpc) is 2.16. The third-order valence-corrected chi connectivity index (χ3v) is 1.82. The fraction of sp³-hybridized carbons (Fsp3) is 0.556. The second kappa shape index (κ2) is 4.95. The maximum absolute atomic E-state index is 12.1. The second-order valence-corrected chi connectivity index (χ2v) is 3.15. The summed E-state index contributed by atoms with van der Waals surface area (Å²) in [5.74, 6) is 0. The average molecular weight is 201 g/mol. The molecular formula is C9H13F2N3. The summed E-state index contributed by atoms with van der Waals surface area (Å²) >= 11 is 0. The van der Waals surface area contributed by atoms with Crippen molar-refractivity contribution >= 4 is 0 Å². The number of aryl methyl sites for hydroxylation is 1. The number of nitrogens with one attached hydrogen (secondary N) is 1. The smallest absolute Gasteiger partial charge is 0.253 e. The Bertz CT molecular complexity index is 274. The molecule has 0 bridgehead atoms. The predicted octanol–water partition coefficient (Wildman–Crippen LogP) is 1.53. The van der Waals surface area contributed by atoms with Crippen LogP contribution in [0.1, 0.15) is 18.3 Å². The maximum Gasteiger partial charge on any atom is 0.253 e. The molecule has 0 aliphatic heterocycles. The molecule has 0 aliphatic rings. The molecule has 0 saturated heterocycles. The molecule has 1 heterocycles. The van der Waals surface area contributed by atoms with Gasteiger partial charge in [-0.25, -0.2) is 8.78 Å². The zero-order valence-electron chi connectivity index (χ0n) is 8.17. The molecular weight excluding hydrogens is 188 g/mol. The fourth-order valence-electron chi connectivity index (χ4n) is 0.865. The summed E-state index contributed by atoms with van der Waals surface area (Å²) in [4.78, 5) is 8.05. The zero-order chi connectivity index (χ0) is 10.6. The van der Waals surface area contributed by atoms with E-state index in [-0.39, 0.29) is 0 Å². The number of hydrogen-bond acceptors (Lipinski definition) is 3. The molecule has 1 unspecified atom stereocenters. The number of halogens is 2. The molecule has 78 valence electrons. The van der Waals surface area contributed by atoms with E-state index in [0.717, 1.165) is 5.69 Å². The summed E-state index contributed by atoms with van der Waals surface area (Å²) in [5, 5.41) is 2.67. The number of alkyl halides is 2. The van der Waals surface area contributed by atoms with Crippen LogP contribution in [0.4, 0.5) is 8.78 Å². The third-order valence-electron chi connectivity index (χ3n) is 1.82. The van der Waals surface area contributed by atoms with Crippen molar-refractivity contribution in [1.29, 1.82) is 0 Å². The van der Waals surface area contributed by atoms with Gasteiger partial charge >= 0.3 is 0 Å². The molecule has 1 rings (SSSR count). The Labute approximate surface area is 81.6 Å². The molecule has 0 fully saturated rings. The van der Waals surface area contributed by atoms with Gasteiger partial charge in [-0.2, -0.15) is 0 Å². The molecule has 0 amide bonds. The van der Waals surface area contributed by atoms with E-state index in [2.05, 4.69) is 15.3 Å². The zero-order valence-corrected chi connectivity index (χ0v) is 8.17. The van der Waals surface area contributed by atoms with Crippen LogP contribution in [-0.4, -0.2) is 22.4 Å². The van der Waals surface area contributed by atoms with Gasteiger partial charge < -0.3 is 5.32 Å². The van der Waals surface area contributed by atoms with E-state index >= 15 is 0 Å². The highest BCUT2D eigenvalue weighted by molar-refractivity contribution is 5.00. The quantitative estimate of drug-likeness (QED) is 0.802. The van der Waals surface area contributed by atoms with Gasteiger partial charge in [0.1, 0.15) is 0 Å². The molecule has 1 atom stereocenters. The van der Waals surface area contributed by atoms with Crippen molar-refractivity contribution in [1.82, 2.24) is 15.3 Å². The first-order valence-corrected chi connectivity index (χ1v) is 4.38. The molecule has 0 aliphatic carbocycles. The Morgan fingerprint density at radius 1 is 1.36 bits per heavy atom. The molecule has 0 spiro atoms. The van der Waals surface area contributed by atoms with Crippen LogP contribution in [0.3, 0.4) is 0 Å². The lowest BCUT2D eigenvalue weighted by molar-refractivity contribution is 0.105. The van der Waals surface area contributed by atoms with Crippen LogP contribution in [-0.2, 0) is 6.54 Å². The molecule has 0 saturated carbocycles. The maximum atomic E-state index is 12.1. The lowest BCUT2D eigenvalue weighted by Crippen LogP contribution is -2.32. The highest BCUT2D eigenvalue weighted by atomic mass is 19.3. The minimum absolute atomic E-state index is 0.318. The Morgan fingerprint density at radius 3 is 2.57 bits per heavy atom. The van der Waals surface area contributed by atoms with Gasteiger partial charge in [-0.1, -0.05) is 0 Å². The molecule has 1 aromatic heterocycles. The first-order valence-electron chi connectivity index (χ1n) is 4.38. The van der Waals surface area contributed by atoms with E-state index in [9.17, 15) is 8.78 Å². The Balaban J connectivity index is 2.42. The summed E-state index contributed by atoms with van der Waals surface area (Å²) < 4.78 is 24.2. The SMILES string of the molecule is Cc1cnc(CNC(C)C(F)F)cn1. The lowest BCUT2D eigenvalue weighted by Gasteiger charge is -2.11. The molecule has 14 heavy (non-hydrogen) atoms. The molecule has 0 aromatic carbocycles. The van der Waals surface area contributed by atoms with Crippen molar-refractivity contribution in [2.24, 2.45) is 0 Å². The topological polar surface area (TPSA) is 37.8 Å². The Hall–Kier alpha value is -1.10. The van der Waals surface area contributed by atoms with E-state index in [1.807, 2.05) is 6.92 Å². The van der Waals surface area contributed by atoms with Crippen LogP contribution in [0.5, 0.6) is 0 Å². The van der Waals surface area contributed by atoms with Crippen molar-refractivity contribution < 1.29 is 8.78 Å². The van der Waals surface area contributed by atoms with Gasteiger partial charge in [0.05, 0.1) is 17.4 Å². The largest absolute Gasteiger partial charge is 0.303 e. The highest BCUT2D eigenvalue weighted by Gasteiger charge is 2.13. The van der Waals surface area contributed by atoms with Crippen LogP contribution in [0, 0.1) is 6.92 Å². The van der Waals surface area contributed by atoms with E-state index in [4.69, 9.17) is 0 Å². The summed E-state index contributed by atoms with van der Waals surface area (Å²) in [6.45, 7) is 3.58. The molecule has 0 radical (unpaired) electrons. The Morgan fingerprint density at radius 2 is 2.07 bits per heavy atom. The van der Waals surface area contributed by atoms with E-state index in [0.29, 0.717) is 12.2 Å². The number of nitrogens with zero attached hydrogens (tertiary/aromatic N) is 2. The number of rotatable bonds is 4. The third kappa shape index (κ3) is 3.33. The van der Waals surface area contributed by atoms with Crippen molar-refractivity contribution in [3.8, 4) is 0 Å². The molecule has 5 heteroatoms. The Kier molecular flexibility index (Phi) is 3.88. The number of aromatic nitrogens is 2. The molecule has 1 N–H and O–H groups in total. The van der Waals surface area contributed by atoms with Crippen molar-refractivity contribution in [3.05, 3.63) is 23.8 Å². The summed E-state index contributed by atoms with van der Waals surface area (Å²) in [6.07, 6.45) is 0.846. The van der Waals surface area contributed by atoms with Gasteiger partial charge in [-0.3, -0.25) is 9.97 Å². The molecule has 1 aromatic rings. The van der Waals surface area contributed by atoms with Crippen molar-refractivity contribution in [2.45, 2.75) is 32.9 Å². The van der Waals surface area contributed by atoms with E-state index < -0.39 is 12.5 Å². The minimum atomic E-state index is -2.35. The normalized spacial score (nSPS) is 13.2. The van der Waals surface area contributed by atoms with Gasteiger partial charge in [0.15, 0.2) is 0 Å². The second-order valence-electron chi connectivity index (χ2n) is 3.15. The summed E-state index contributed by atoms with van der Waals surface area (Å²) in [7, 11) is 0. The van der Waals surface area contributed by atoms with Crippen LogP contribution in [0.2, 0.25) is 0 Å². The van der Waals surface area contributed by atoms with Gasteiger partial charge in [-0.15, -0.1) is 0 Å². The van der Waals surface area contributed by atoms with Gasteiger partial charge in [0.2, 0.25) is 0 Å². The summed E-state index contributed by atoms with van der Waals surface area (Å²) in [5.41, 5.74) is 1.48. The molecule has 3 nitrogen and oxygen atoms in total. The van der Waals surface area contributed by atoms with Gasteiger partial charge in [0, 0.05) is 18.9 Å². The van der Waals surface area contributed by atoms with Gasteiger partial charge in [0.25, 0.3) is 6.43 Å². The van der Waals surface area contributed by atoms with Crippen LogP contribution >= 0.6 is 0 Å². The van der Waals surface area contributed by atoms with Crippen LogP contribution < -0.4 is 5.32 Å². The van der Waals surface area contributed by atoms with Crippen LogP contribution in [0.15, 0.2) is 12.4 Å². The van der Waals surface area contributed by atoms with E-state index in [1.165, 1.54) is 6.92 Å². The first kappa shape index (κ1) is 11.0. The van der Waals surface area contributed by atoms with Crippen LogP contribution in [0.25, 0.3) is 0 Å². The van der Waals surface area contributed by atoms with E-state index in [1.54, 1.807) is 12.4 Å². The van der Waals surface area contributed by atoms with Crippen molar-refractivity contribution in [2.75, 3.05) is 0 Å². The highest BCUT2D eigenvalue weighted by Crippen LogP contribution is 2.01. The lowest BCUT2D eigenvalue weighted by atomic mass is 10.3. The fourth-order valence-corrected chi connectivity index (χ4v) is 0.865. The predicted molar refractivity (Wildman–Crippen MR) is 49.1 cm³/mol.